The predicted octanol–water partition coefficient (Wildman–Crippen LogP) is 2.88. The minimum Gasteiger partial charge on any atom is -0.464 e. The van der Waals surface area contributed by atoms with Crippen molar-refractivity contribution in [3.8, 4) is 0 Å². The van der Waals surface area contributed by atoms with E-state index in [2.05, 4.69) is 6.92 Å². The van der Waals surface area contributed by atoms with Crippen molar-refractivity contribution in [3.05, 3.63) is 48.0 Å². The Bertz CT molecular complexity index is 1060. The number of hydrogen-bond acceptors (Lipinski definition) is 7. The van der Waals surface area contributed by atoms with Crippen molar-refractivity contribution in [2.45, 2.75) is 63.6 Å². The number of furan rings is 1. The highest BCUT2D eigenvalue weighted by molar-refractivity contribution is 6.01. The van der Waals surface area contributed by atoms with Crippen LogP contribution in [0.3, 0.4) is 0 Å². The van der Waals surface area contributed by atoms with E-state index < -0.39 is 41.9 Å². The Morgan fingerprint density at radius 2 is 2.12 bits per heavy atom. The summed E-state index contributed by atoms with van der Waals surface area (Å²) in [6, 6.07) is 3.49. The summed E-state index contributed by atoms with van der Waals surface area (Å²) in [5, 5.41) is 21.5. The van der Waals surface area contributed by atoms with E-state index in [1.165, 1.54) is 6.26 Å². The van der Waals surface area contributed by atoms with Crippen molar-refractivity contribution in [2.24, 2.45) is 28.6 Å². The molecule has 2 heterocycles. The van der Waals surface area contributed by atoms with Gasteiger partial charge in [-0.05, 0) is 61.8 Å². The molecule has 4 aliphatic carbocycles. The van der Waals surface area contributed by atoms with E-state index in [0.717, 1.165) is 18.4 Å². The molecule has 33 heavy (non-hydrogen) atoms. The molecule has 7 nitrogen and oxygen atoms in total. The number of allylic oxidation sites excluding steroid dienone is 4. The van der Waals surface area contributed by atoms with Gasteiger partial charge in [0.05, 0.1) is 18.5 Å². The van der Waals surface area contributed by atoms with Crippen LogP contribution in [0.15, 0.2) is 46.6 Å². The lowest BCUT2D eigenvalue weighted by atomic mass is 9.46. The first-order valence-corrected chi connectivity index (χ1v) is 11.9. The molecule has 0 bridgehead atoms. The van der Waals surface area contributed by atoms with Gasteiger partial charge in [-0.1, -0.05) is 25.5 Å². The van der Waals surface area contributed by atoms with Crippen LogP contribution in [0.4, 0.5) is 0 Å². The molecule has 0 spiro atoms. The molecule has 9 atom stereocenters. The summed E-state index contributed by atoms with van der Waals surface area (Å²) in [6.45, 7) is 3.49. The largest absolute Gasteiger partial charge is 0.464 e. The van der Waals surface area contributed by atoms with Gasteiger partial charge in [0, 0.05) is 16.7 Å². The maximum atomic E-state index is 13.4. The number of rotatable bonds is 3. The van der Waals surface area contributed by atoms with Crippen LogP contribution in [0.2, 0.25) is 0 Å². The summed E-state index contributed by atoms with van der Waals surface area (Å²) >= 11 is 0. The number of carbonyl (C=O) groups is 2. The average Bonchev–Trinajstić information content (AvgIpc) is 3.48. The van der Waals surface area contributed by atoms with Crippen LogP contribution in [0, 0.1) is 28.6 Å². The predicted molar refractivity (Wildman–Crippen MR) is 116 cm³/mol. The molecule has 5 aliphatic rings. The van der Waals surface area contributed by atoms with Gasteiger partial charge in [-0.15, -0.1) is 0 Å². The van der Waals surface area contributed by atoms with Crippen LogP contribution in [-0.4, -0.2) is 46.2 Å². The summed E-state index contributed by atoms with van der Waals surface area (Å²) in [5.74, 6) is 0.254. The van der Waals surface area contributed by atoms with Gasteiger partial charge in [0.15, 0.2) is 22.9 Å². The third-order valence-electron chi connectivity index (χ3n) is 9.57. The molecule has 0 aromatic carbocycles. The van der Waals surface area contributed by atoms with E-state index >= 15 is 0 Å². The first-order chi connectivity index (χ1) is 15.7. The normalized spacial score (nSPS) is 48.0. The highest BCUT2D eigenvalue weighted by Gasteiger charge is 2.76. The molecule has 9 unspecified atom stereocenters. The third-order valence-corrected chi connectivity index (χ3v) is 9.57. The Morgan fingerprint density at radius 3 is 2.85 bits per heavy atom. The Morgan fingerprint density at radius 1 is 1.30 bits per heavy atom. The second-order valence-corrected chi connectivity index (χ2v) is 10.9. The van der Waals surface area contributed by atoms with Gasteiger partial charge < -0.3 is 24.1 Å². The highest BCUT2D eigenvalue weighted by atomic mass is 16.8. The summed E-state index contributed by atoms with van der Waals surface area (Å²) < 4.78 is 18.2. The van der Waals surface area contributed by atoms with E-state index in [1.807, 2.05) is 13.0 Å². The Labute approximate surface area is 192 Å². The second kappa shape index (κ2) is 6.98. The quantitative estimate of drug-likeness (QED) is 0.723. The maximum Gasteiger partial charge on any atom is 0.218 e. The van der Waals surface area contributed by atoms with E-state index in [9.17, 15) is 19.8 Å². The molecule has 2 N–H and O–H groups in total. The molecule has 0 amide bonds. The molecule has 1 aromatic heterocycles. The highest BCUT2D eigenvalue weighted by Crippen LogP contribution is 2.70. The topological polar surface area (TPSA) is 106 Å². The average molecular weight is 455 g/mol. The van der Waals surface area contributed by atoms with Gasteiger partial charge in [0.2, 0.25) is 6.29 Å². The standard InChI is InChI=1S/C26H30O7/c1-24-8-7-15(28)10-14(24)5-6-16-17-11-21-26(20(30)13-27,25(17,2)12-18(29)22(16)24)33-23(32-21)19-4-3-9-31-19/h3-4,7-10,16-18,21-23,27,29H,5-6,11-13H2,1-2H3. The van der Waals surface area contributed by atoms with Gasteiger partial charge in [-0.2, -0.15) is 0 Å². The zero-order valence-electron chi connectivity index (χ0n) is 18.9. The monoisotopic (exact) mass is 454 g/mol. The van der Waals surface area contributed by atoms with E-state index in [4.69, 9.17) is 13.9 Å². The minimum atomic E-state index is -1.34. The van der Waals surface area contributed by atoms with Crippen molar-refractivity contribution in [3.63, 3.8) is 0 Å². The molecule has 0 radical (unpaired) electrons. The van der Waals surface area contributed by atoms with Crippen LogP contribution in [0.25, 0.3) is 0 Å². The maximum absolute atomic E-state index is 13.4. The van der Waals surface area contributed by atoms with E-state index in [0.29, 0.717) is 18.6 Å². The van der Waals surface area contributed by atoms with Gasteiger partial charge in [0.1, 0.15) is 6.61 Å². The van der Waals surface area contributed by atoms with Crippen LogP contribution >= 0.6 is 0 Å². The van der Waals surface area contributed by atoms with Gasteiger partial charge in [-0.25, -0.2) is 0 Å². The summed E-state index contributed by atoms with van der Waals surface area (Å²) in [4.78, 5) is 25.4. The van der Waals surface area contributed by atoms with Crippen molar-refractivity contribution in [2.75, 3.05) is 6.61 Å². The number of Topliss-reactive ketones (excluding diaryl/α,β-unsaturated/α-hetero) is 1. The third kappa shape index (κ3) is 2.59. The zero-order valence-corrected chi connectivity index (χ0v) is 18.9. The van der Waals surface area contributed by atoms with Gasteiger partial charge in [-0.3, -0.25) is 9.59 Å². The lowest BCUT2D eigenvalue weighted by Gasteiger charge is -2.59. The number of ketones is 2. The number of aliphatic hydroxyl groups is 2. The summed E-state index contributed by atoms with van der Waals surface area (Å²) in [7, 11) is 0. The van der Waals surface area contributed by atoms with E-state index in [1.54, 1.807) is 24.3 Å². The smallest absolute Gasteiger partial charge is 0.218 e. The fraction of sp³-hybridized carbons (Fsp3) is 0.615. The Kier molecular flexibility index (Phi) is 4.54. The number of fused-ring (bicyclic) bond motifs is 7. The van der Waals surface area contributed by atoms with Gasteiger partial charge in [0.25, 0.3) is 0 Å². The van der Waals surface area contributed by atoms with Crippen LogP contribution in [0.5, 0.6) is 0 Å². The lowest BCUT2D eigenvalue weighted by Crippen LogP contribution is -2.63. The van der Waals surface area contributed by atoms with Crippen molar-refractivity contribution >= 4 is 11.6 Å². The molecule has 6 rings (SSSR count). The number of carbonyl (C=O) groups excluding carboxylic acids is 2. The minimum absolute atomic E-state index is 0.00437. The molecular formula is C26H30O7. The molecule has 7 heteroatoms. The first-order valence-electron chi connectivity index (χ1n) is 11.9. The molecule has 1 aliphatic heterocycles. The zero-order chi connectivity index (χ0) is 23.2. The van der Waals surface area contributed by atoms with Crippen molar-refractivity contribution in [1.82, 2.24) is 0 Å². The van der Waals surface area contributed by atoms with E-state index in [-0.39, 0.29) is 29.0 Å². The Balaban J connectivity index is 1.41. The van der Waals surface area contributed by atoms with Crippen molar-refractivity contribution in [1.29, 1.82) is 0 Å². The SMILES string of the molecule is CC12C=CC(=O)C=C1CCC1C2C(O)CC2(C)C1CC1OC(c3ccco3)OC12C(=O)CO. The van der Waals surface area contributed by atoms with Crippen LogP contribution in [-0.2, 0) is 19.1 Å². The molecule has 1 saturated heterocycles. The number of ether oxygens (including phenoxy) is 2. The number of hydrogen-bond donors (Lipinski definition) is 2. The molecule has 1 aromatic rings. The molecular weight excluding hydrogens is 424 g/mol. The number of aliphatic hydroxyl groups excluding tert-OH is 2. The summed E-state index contributed by atoms with van der Waals surface area (Å²) in [5.41, 5.74) is -1.35. The fourth-order valence-corrected chi connectivity index (χ4v) is 8.24. The van der Waals surface area contributed by atoms with Crippen molar-refractivity contribution < 1.29 is 33.7 Å². The van der Waals surface area contributed by atoms with Crippen LogP contribution in [0.1, 0.15) is 51.6 Å². The Hall–Kier alpha value is -2.06. The molecule has 176 valence electrons. The van der Waals surface area contributed by atoms with Crippen LogP contribution < -0.4 is 0 Å². The first kappa shape index (κ1) is 21.5. The lowest BCUT2D eigenvalue weighted by molar-refractivity contribution is -0.203. The fourth-order valence-electron chi connectivity index (χ4n) is 8.24. The second-order valence-electron chi connectivity index (χ2n) is 10.9. The van der Waals surface area contributed by atoms with Gasteiger partial charge >= 0.3 is 0 Å². The molecule has 3 saturated carbocycles. The molecule has 4 fully saturated rings. The summed E-state index contributed by atoms with van der Waals surface area (Å²) in [6.07, 6.45) is 7.42.